The van der Waals surface area contributed by atoms with Crippen LogP contribution in [0.1, 0.15) is 32.3 Å². The largest absolute Gasteiger partial charge is 0.389 e. The van der Waals surface area contributed by atoms with Crippen LogP contribution in [0.2, 0.25) is 5.02 Å². The number of anilines is 1. The molecule has 4 heteroatoms. The number of thiocarbonyl (C=S) groups is 1. The first kappa shape index (κ1) is 13.3. The van der Waals surface area contributed by atoms with Crippen molar-refractivity contribution in [2.45, 2.75) is 32.7 Å². The fourth-order valence-electron chi connectivity index (χ4n) is 1.59. The van der Waals surface area contributed by atoms with Crippen molar-refractivity contribution in [3.8, 4) is 0 Å². The van der Waals surface area contributed by atoms with E-state index in [4.69, 9.17) is 29.6 Å². The van der Waals surface area contributed by atoms with E-state index in [0.717, 1.165) is 24.1 Å². The molecule has 1 rings (SSSR count). The molecule has 1 atom stereocenters. The highest BCUT2D eigenvalue weighted by Crippen LogP contribution is 2.21. The molecule has 0 fully saturated rings. The van der Waals surface area contributed by atoms with E-state index in [2.05, 4.69) is 19.2 Å². The fourth-order valence-corrected chi connectivity index (χ4v) is 2.11. The molecule has 0 bridgehead atoms. The van der Waals surface area contributed by atoms with Gasteiger partial charge in [-0.25, -0.2) is 0 Å². The number of rotatable bonds is 5. The van der Waals surface area contributed by atoms with Crippen LogP contribution in [-0.4, -0.2) is 11.0 Å². The highest BCUT2D eigenvalue weighted by atomic mass is 35.5. The third kappa shape index (κ3) is 3.65. The summed E-state index contributed by atoms with van der Waals surface area (Å²) in [7, 11) is 0. The van der Waals surface area contributed by atoms with E-state index in [1.165, 1.54) is 0 Å². The van der Waals surface area contributed by atoms with Crippen molar-refractivity contribution in [2.75, 3.05) is 5.32 Å². The molecule has 1 aromatic carbocycles. The molecule has 16 heavy (non-hydrogen) atoms. The molecule has 3 N–H and O–H groups in total. The smallest absolute Gasteiger partial charge is 0.105 e. The minimum Gasteiger partial charge on any atom is -0.389 e. The van der Waals surface area contributed by atoms with E-state index in [1.54, 1.807) is 0 Å². The zero-order valence-corrected chi connectivity index (χ0v) is 11.2. The predicted molar refractivity (Wildman–Crippen MR) is 75.3 cm³/mol. The molecule has 0 aliphatic rings. The fraction of sp³-hybridized carbons (Fsp3) is 0.417. The van der Waals surface area contributed by atoms with Gasteiger partial charge in [0.25, 0.3) is 0 Å². The maximum absolute atomic E-state index is 6.08. The second-order valence-corrected chi connectivity index (χ2v) is 4.74. The molecule has 0 spiro atoms. The third-order valence-electron chi connectivity index (χ3n) is 2.37. The van der Waals surface area contributed by atoms with Crippen LogP contribution in [0.4, 0.5) is 5.69 Å². The third-order valence-corrected chi connectivity index (χ3v) is 2.90. The second kappa shape index (κ2) is 6.06. The summed E-state index contributed by atoms with van der Waals surface area (Å²) in [6.07, 6.45) is 2.29. The van der Waals surface area contributed by atoms with Gasteiger partial charge in [0, 0.05) is 17.3 Å². The Morgan fingerprint density at radius 2 is 2.25 bits per heavy atom. The molecular formula is C12H17ClN2S. The van der Waals surface area contributed by atoms with Crippen molar-refractivity contribution < 1.29 is 0 Å². The molecule has 1 unspecified atom stereocenters. The van der Waals surface area contributed by atoms with Crippen LogP contribution < -0.4 is 11.1 Å². The number of nitrogens with two attached hydrogens (primary N) is 1. The normalized spacial score (nSPS) is 12.2. The zero-order valence-electron chi connectivity index (χ0n) is 9.59. The predicted octanol–water partition coefficient (Wildman–Crippen LogP) is 3.57. The Morgan fingerprint density at radius 1 is 1.56 bits per heavy atom. The van der Waals surface area contributed by atoms with Crippen LogP contribution in [0.15, 0.2) is 18.2 Å². The van der Waals surface area contributed by atoms with Gasteiger partial charge in [-0.1, -0.05) is 37.2 Å². The average molecular weight is 257 g/mol. The average Bonchev–Trinajstić information content (AvgIpc) is 2.17. The van der Waals surface area contributed by atoms with Gasteiger partial charge >= 0.3 is 0 Å². The van der Waals surface area contributed by atoms with Gasteiger partial charge in [-0.2, -0.15) is 0 Å². The van der Waals surface area contributed by atoms with E-state index in [0.29, 0.717) is 16.1 Å². The van der Waals surface area contributed by atoms with Crippen molar-refractivity contribution in [3.63, 3.8) is 0 Å². The second-order valence-electron chi connectivity index (χ2n) is 3.89. The number of hydrogen-bond acceptors (Lipinski definition) is 2. The highest BCUT2D eigenvalue weighted by Gasteiger charge is 2.06. The standard InChI is InChI=1S/C12H17ClN2S/c1-3-4-8(2)15-9-5-6-10(12(14)16)11(13)7-9/h5-8,15H,3-4H2,1-2H3,(H2,14,16). The first-order valence-electron chi connectivity index (χ1n) is 5.40. The number of hydrogen-bond donors (Lipinski definition) is 2. The molecule has 0 saturated carbocycles. The number of nitrogens with one attached hydrogen (secondary N) is 1. The molecule has 88 valence electrons. The summed E-state index contributed by atoms with van der Waals surface area (Å²) in [6, 6.07) is 6.11. The Kier molecular flexibility index (Phi) is 5.03. The van der Waals surface area contributed by atoms with Gasteiger partial charge in [-0.3, -0.25) is 0 Å². The molecule has 0 amide bonds. The van der Waals surface area contributed by atoms with Crippen LogP contribution >= 0.6 is 23.8 Å². The van der Waals surface area contributed by atoms with Gasteiger partial charge in [0.05, 0.1) is 5.02 Å². The number of halogens is 1. The molecule has 0 radical (unpaired) electrons. The van der Waals surface area contributed by atoms with Gasteiger partial charge in [-0.15, -0.1) is 0 Å². The summed E-state index contributed by atoms with van der Waals surface area (Å²) in [6.45, 7) is 4.32. The first-order valence-corrected chi connectivity index (χ1v) is 6.19. The summed E-state index contributed by atoms with van der Waals surface area (Å²) in [5, 5.41) is 3.98. The lowest BCUT2D eigenvalue weighted by Gasteiger charge is -2.15. The van der Waals surface area contributed by atoms with Crippen molar-refractivity contribution in [3.05, 3.63) is 28.8 Å². The lowest BCUT2D eigenvalue weighted by Crippen LogP contribution is -2.15. The van der Waals surface area contributed by atoms with E-state index in [1.807, 2.05) is 18.2 Å². The summed E-state index contributed by atoms with van der Waals surface area (Å²) in [5.41, 5.74) is 7.27. The van der Waals surface area contributed by atoms with Crippen molar-refractivity contribution >= 4 is 34.5 Å². The Balaban J connectivity index is 2.77. The SMILES string of the molecule is CCCC(C)Nc1ccc(C(N)=S)c(Cl)c1. The lowest BCUT2D eigenvalue weighted by molar-refractivity contribution is 0.690. The van der Waals surface area contributed by atoms with Crippen LogP contribution in [-0.2, 0) is 0 Å². The molecule has 0 aliphatic heterocycles. The van der Waals surface area contributed by atoms with Crippen LogP contribution in [0.5, 0.6) is 0 Å². The molecule has 0 saturated heterocycles. The quantitative estimate of drug-likeness (QED) is 0.791. The molecule has 0 aliphatic carbocycles. The molecule has 0 aromatic heterocycles. The summed E-state index contributed by atoms with van der Waals surface area (Å²) < 4.78 is 0. The maximum atomic E-state index is 6.08. The number of benzene rings is 1. The Morgan fingerprint density at radius 3 is 2.75 bits per heavy atom. The molecule has 1 aromatic rings. The van der Waals surface area contributed by atoms with E-state index in [-0.39, 0.29) is 0 Å². The zero-order chi connectivity index (χ0) is 12.1. The van der Waals surface area contributed by atoms with E-state index in [9.17, 15) is 0 Å². The highest BCUT2D eigenvalue weighted by molar-refractivity contribution is 7.80. The Hall–Kier alpha value is -0.800. The maximum Gasteiger partial charge on any atom is 0.105 e. The van der Waals surface area contributed by atoms with E-state index < -0.39 is 0 Å². The summed E-state index contributed by atoms with van der Waals surface area (Å²) >= 11 is 11.0. The molecule has 0 heterocycles. The van der Waals surface area contributed by atoms with Gasteiger partial charge in [-0.05, 0) is 31.5 Å². The van der Waals surface area contributed by atoms with Gasteiger partial charge in [0.1, 0.15) is 4.99 Å². The Bertz CT molecular complexity index is 379. The monoisotopic (exact) mass is 256 g/mol. The van der Waals surface area contributed by atoms with E-state index >= 15 is 0 Å². The van der Waals surface area contributed by atoms with Crippen LogP contribution in [0.25, 0.3) is 0 Å². The van der Waals surface area contributed by atoms with Crippen molar-refractivity contribution in [1.82, 2.24) is 0 Å². The summed E-state index contributed by atoms with van der Waals surface area (Å²) in [5.74, 6) is 0. The van der Waals surface area contributed by atoms with Gasteiger partial charge < -0.3 is 11.1 Å². The minimum atomic E-state index is 0.332. The van der Waals surface area contributed by atoms with Gasteiger partial charge in [0.2, 0.25) is 0 Å². The van der Waals surface area contributed by atoms with Crippen molar-refractivity contribution in [1.29, 1.82) is 0 Å². The lowest BCUT2D eigenvalue weighted by atomic mass is 10.1. The van der Waals surface area contributed by atoms with Crippen LogP contribution in [0.3, 0.4) is 0 Å². The first-order chi connectivity index (χ1) is 7.54. The molecule has 2 nitrogen and oxygen atoms in total. The van der Waals surface area contributed by atoms with Gasteiger partial charge in [0.15, 0.2) is 0 Å². The Labute approximate surface area is 107 Å². The minimum absolute atomic E-state index is 0.332. The topological polar surface area (TPSA) is 38.0 Å². The summed E-state index contributed by atoms with van der Waals surface area (Å²) in [4.78, 5) is 0.332. The molecular weight excluding hydrogens is 240 g/mol. The van der Waals surface area contributed by atoms with Crippen molar-refractivity contribution in [2.24, 2.45) is 5.73 Å². The van der Waals surface area contributed by atoms with Crippen LogP contribution in [0, 0.1) is 0 Å².